The van der Waals surface area contributed by atoms with Gasteiger partial charge in [0.15, 0.2) is 0 Å². The van der Waals surface area contributed by atoms with Crippen LogP contribution >= 0.6 is 0 Å². The molecule has 0 bridgehead atoms. The van der Waals surface area contributed by atoms with Crippen LogP contribution in [0, 0.1) is 11.3 Å². The first-order valence-corrected chi connectivity index (χ1v) is 7.84. The third kappa shape index (κ3) is 3.95. The molecule has 2 rings (SSSR count). The molecule has 0 atom stereocenters. The van der Waals surface area contributed by atoms with Crippen LogP contribution in [-0.2, 0) is 6.54 Å². The van der Waals surface area contributed by atoms with Crippen LogP contribution in [0.2, 0.25) is 0 Å². The standard InChI is InChI=1S/C17H28N2O/c1-14(2)11-17(8-4-5-9-17)13-18-12-15-7-6-10-19-16(15)20-3/h6-7,10,14,18H,4-5,8-9,11-13H2,1-3H3. The maximum Gasteiger partial charge on any atom is 0.217 e. The van der Waals surface area contributed by atoms with Gasteiger partial charge < -0.3 is 10.1 Å². The number of nitrogens with zero attached hydrogens (tertiary/aromatic N) is 1. The summed E-state index contributed by atoms with van der Waals surface area (Å²) >= 11 is 0. The second-order valence-electron chi connectivity index (χ2n) is 6.58. The molecule has 1 N–H and O–H groups in total. The Bertz CT molecular complexity index is 411. The van der Waals surface area contributed by atoms with Crippen molar-refractivity contribution in [3.05, 3.63) is 23.9 Å². The highest BCUT2D eigenvalue weighted by Gasteiger charge is 2.33. The number of aromatic nitrogens is 1. The lowest BCUT2D eigenvalue weighted by atomic mass is 9.78. The van der Waals surface area contributed by atoms with Gasteiger partial charge in [-0.2, -0.15) is 0 Å². The summed E-state index contributed by atoms with van der Waals surface area (Å²) in [6, 6.07) is 4.06. The Morgan fingerprint density at radius 3 is 2.75 bits per heavy atom. The van der Waals surface area contributed by atoms with Gasteiger partial charge in [-0.15, -0.1) is 0 Å². The van der Waals surface area contributed by atoms with Crippen molar-refractivity contribution in [2.45, 2.75) is 52.5 Å². The summed E-state index contributed by atoms with van der Waals surface area (Å²) < 4.78 is 5.31. The molecule has 0 aliphatic heterocycles. The Morgan fingerprint density at radius 1 is 1.35 bits per heavy atom. The quantitative estimate of drug-likeness (QED) is 0.823. The van der Waals surface area contributed by atoms with Crippen LogP contribution in [0.5, 0.6) is 5.88 Å². The molecule has 0 aromatic carbocycles. The van der Waals surface area contributed by atoms with Gasteiger partial charge in [-0.05, 0) is 36.7 Å². The van der Waals surface area contributed by atoms with E-state index in [1.807, 2.05) is 6.07 Å². The highest BCUT2D eigenvalue weighted by molar-refractivity contribution is 5.25. The van der Waals surface area contributed by atoms with Gasteiger partial charge >= 0.3 is 0 Å². The first kappa shape index (κ1) is 15.3. The summed E-state index contributed by atoms with van der Waals surface area (Å²) in [6.45, 7) is 6.63. The summed E-state index contributed by atoms with van der Waals surface area (Å²) in [5.41, 5.74) is 1.66. The summed E-state index contributed by atoms with van der Waals surface area (Å²) in [5.74, 6) is 1.52. The zero-order chi connectivity index (χ0) is 14.4. The molecule has 3 heteroatoms. The van der Waals surface area contributed by atoms with Crippen LogP contribution in [-0.4, -0.2) is 18.6 Å². The van der Waals surface area contributed by atoms with E-state index in [1.165, 1.54) is 32.1 Å². The van der Waals surface area contributed by atoms with Crippen LogP contribution in [0.1, 0.15) is 51.5 Å². The molecular formula is C17H28N2O. The fourth-order valence-electron chi connectivity index (χ4n) is 3.65. The van der Waals surface area contributed by atoms with Gasteiger partial charge in [0, 0.05) is 24.8 Å². The molecule has 1 saturated carbocycles. The summed E-state index contributed by atoms with van der Waals surface area (Å²) in [7, 11) is 1.68. The molecule has 1 aromatic heterocycles. The van der Waals surface area contributed by atoms with Crippen molar-refractivity contribution in [1.29, 1.82) is 0 Å². The maximum absolute atomic E-state index is 5.31. The summed E-state index contributed by atoms with van der Waals surface area (Å²) in [6.07, 6.45) is 8.66. The van der Waals surface area contributed by atoms with Gasteiger partial charge in [-0.25, -0.2) is 4.98 Å². The molecule has 112 valence electrons. The Balaban J connectivity index is 1.90. The van der Waals surface area contributed by atoms with Crippen molar-refractivity contribution < 1.29 is 4.74 Å². The van der Waals surface area contributed by atoms with E-state index < -0.39 is 0 Å². The van der Waals surface area contributed by atoms with Crippen LogP contribution in [0.15, 0.2) is 18.3 Å². The molecule has 0 unspecified atom stereocenters. The molecule has 1 aliphatic carbocycles. The lowest BCUT2D eigenvalue weighted by Gasteiger charge is -2.31. The normalized spacial score (nSPS) is 17.6. The van der Waals surface area contributed by atoms with Gasteiger partial charge in [0.2, 0.25) is 5.88 Å². The van der Waals surface area contributed by atoms with Crippen molar-refractivity contribution in [3.8, 4) is 5.88 Å². The smallest absolute Gasteiger partial charge is 0.217 e. The van der Waals surface area contributed by atoms with Crippen molar-refractivity contribution >= 4 is 0 Å². The Labute approximate surface area is 123 Å². The fourth-order valence-corrected chi connectivity index (χ4v) is 3.65. The zero-order valence-electron chi connectivity index (χ0n) is 13.1. The van der Waals surface area contributed by atoms with Gasteiger partial charge in [-0.1, -0.05) is 32.8 Å². The Morgan fingerprint density at radius 2 is 2.10 bits per heavy atom. The average Bonchev–Trinajstić information content (AvgIpc) is 2.87. The van der Waals surface area contributed by atoms with Crippen molar-refractivity contribution in [2.75, 3.05) is 13.7 Å². The third-order valence-corrected chi connectivity index (χ3v) is 4.36. The summed E-state index contributed by atoms with van der Waals surface area (Å²) in [5, 5.41) is 3.64. The monoisotopic (exact) mass is 276 g/mol. The molecular weight excluding hydrogens is 248 g/mol. The maximum atomic E-state index is 5.31. The van der Waals surface area contributed by atoms with E-state index in [1.54, 1.807) is 13.3 Å². The van der Waals surface area contributed by atoms with Crippen LogP contribution in [0.4, 0.5) is 0 Å². The lowest BCUT2D eigenvalue weighted by Crippen LogP contribution is -2.33. The van der Waals surface area contributed by atoms with Crippen molar-refractivity contribution in [1.82, 2.24) is 10.3 Å². The molecule has 1 fully saturated rings. The largest absolute Gasteiger partial charge is 0.481 e. The van der Waals surface area contributed by atoms with Gasteiger partial charge in [0.1, 0.15) is 0 Å². The highest BCUT2D eigenvalue weighted by Crippen LogP contribution is 2.42. The lowest BCUT2D eigenvalue weighted by molar-refractivity contribution is 0.223. The molecule has 0 radical (unpaired) electrons. The predicted molar refractivity (Wildman–Crippen MR) is 82.9 cm³/mol. The van der Waals surface area contributed by atoms with Crippen LogP contribution < -0.4 is 10.1 Å². The second-order valence-corrected chi connectivity index (χ2v) is 6.58. The molecule has 1 heterocycles. The molecule has 3 nitrogen and oxygen atoms in total. The minimum Gasteiger partial charge on any atom is -0.481 e. The van der Waals surface area contributed by atoms with Crippen molar-refractivity contribution in [3.63, 3.8) is 0 Å². The Hall–Kier alpha value is -1.09. The molecule has 1 aliphatic rings. The van der Waals surface area contributed by atoms with E-state index in [9.17, 15) is 0 Å². The fraction of sp³-hybridized carbons (Fsp3) is 0.706. The molecule has 0 amide bonds. The second kappa shape index (κ2) is 7.07. The molecule has 20 heavy (non-hydrogen) atoms. The van der Waals surface area contributed by atoms with E-state index in [0.29, 0.717) is 5.41 Å². The van der Waals surface area contributed by atoms with Crippen molar-refractivity contribution in [2.24, 2.45) is 11.3 Å². The number of nitrogens with one attached hydrogen (secondary N) is 1. The number of methoxy groups -OCH3 is 1. The zero-order valence-corrected chi connectivity index (χ0v) is 13.1. The number of rotatable bonds is 7. The van der Waals surface area contributed by atoms with E-state index in [-0.39, 0.29) is 0 Å². The predicted octanol–water partition coefficient (Wildman–Crippen LogP) is 3.79. The van der Waals surface area contributed by atoms with E-state index in [4.69, 9.17) is 4.74 Å². The van der Waals surface area contributed by atoms with Crippen LogP contribution in [0.25, 0.3) is 0 Å². The molecule has 0 saturated heterocycles. The highest BCUT2D eigenvalue weighted by atomic mass is 16.5. The van der Waals surface area contributed by atoms with E-state index >= 15 is 0 Å². The average molecular weight is 276 g/mol. The summed E-state index contributed by atoms with van der Waals surface area (Å²) in [4.78, 5) is 4.25. The minimum atomic E-state index is 0.517. The topological polar surface area (TPSA) is 34.1 Å². The first-order valence-electron chi connectivity index (χ1n) is 7.84. The van der Waals surface area contributed by atoms with Gasteiger partial charge in [0.25, 0.3) is 0 Å². The Kier molecular flexibility index (Phi) is 5.41. The molecule has 0 spiro atoms. The minimum absolute atomic E-state index is 0.517. The van der Waals surface area contributed by atoms with Gasteiger partial charge in [0.05, 0.1) is 7.11 Å². The number of hydrogen-bond donors (Lipinski definition) is 1. The van der Waals surface area contributed by atoms with E-state index in [2.05, 4.69) is 30.2 Å². The number of ether oxygens (including phenoxy) is 1. The van der Waals surface area contributed by atoms with Gasteiger partial charge in [-0.3, -0.25) is 0 Å². The third-order valence-electron chi connectivity index (χ3n) is 4.36. The number of pyridine rings is 1. The van der Waals surface area contributed by atoms with Crippen LogP contribution in [0.3, 0.4) is 0 Å². The number of hydrogen-bond acceptors (Lipinski definition) is 3. The van der Waals surface area contributed by atoms with E-state index in [0.717, 1.165) is 30.5 Å². The molecule has 1 aromatic rings. The SMILES string of the molecule is COc1ncccc1CNCC1(CC(C)C)CCCC1. The first-order chi connectivity index (χ1) is 9.65.